The molecule has 1 fully saturated rings. The maximum Gasteiger partial charge on any atom is 0.0599 e. The number of nitrogens with zero attached hydrogens (tertiary/aromatic N) is 1. The minimum atomic E-state index is 0.181. The third kappa shape index (κ3) is 1.79. The molecule has 0 aromatic carbocycles. The first-order valence-corrected chi connectivity index (χ1v) is 4.70. The number of hydrogen-bond acceptors (Lipinski definition) is 3. The van der Waals surface area contributed by atoms with Gasteiger partial charge in [-0.2, -0.15) is 0 Å². The van der Waals surface area contributed by atoms with E-state index in [4.69, 9.17) is 5.11 Å². The van der Waals surface area contributed by atoms with Crippen molar-refractivity contribution in [3.8, 4) is 0 Å². The first-order chi connectivity index (χ1) is 5.61. The molecule has 1 saturated heterocycles. The number of rotatable bonds is 2. The maximum absolute atomic E-state index is 9.14. The Morgan fingerprint density at radius 2 is 2.25 bits per heavy atom. The van der Waals surface area contributed by atoms with E-state index in [1.165, 1.54) is 0 Å². The van der Waals surface area contributed by atoms with Gasteiger partial charge in [-0.15, -0.1) is 0 Å². The zero-order chi connectivity index (χ0) is 9.19. The summed E-state index contributed by atoms with van der Waals surface area (Å²) in [6, 6.07) is 0.291. The summed E-state index contributed by atoms with van der Waals surface area (Å²) in [4.78, 5) is 2.36. The molecule has 0 aromatic heterocycles. The zero-order valence-corrected chi connectivity index (χ0v) is 8.30. The molecule has 0 aromatic rings. The molecule has 12 heavy (non-hydrogen) atoms. The van der Waals surface area contributed by atoms with E-state index in [-0.39, 0.29) is 12.1 Å². The van der Waals surface area contributed by atoms with E-state index in [9.17, 15) is 0 Å². The van der Waals surface area contributed by atoms with Gasteiger partial charge in [0.15, 0.2) is 0 Å². The van der Waals surface area contributed by atoms with Gasteiger partial charge in [-0.05, 0) is 20.4 Å². The fourth-order valence-corrected chi connectivity index (χ4v) is 2.10. The summed E-state index contributed by atoms with van der Waals surface area (Å²) in [5.74, 6) is 0. The lowest BCUT2D eigenvalue weighted by atomic mass is 9.96. The molecular formula is C9H20N2O. The standard InChI is InChI=1S/C9H20N2O/c1-4-11-8(6-12)5-10-7-9(11,2)3/h8,10,12H,4-7H2,1-3H3. The molecule has 0 aliphatic carbocycles. The first-order valence-electron chi connectivity index (χ1n) is 4.70. The van der Waals surface area contributed by atoms with Crippen LogP contribution in [-0.4, -0.2) is 47.8 Å². The highest BCUT2D eigenvalue weighted by atomic mass is 16.3. The molecule has 1 rings (SSSR count). The summed E-state index contributed by atoms with van der Waals surface area (Å²) in [6.07, 6.45) is 0. The number of likely N-dealkylation sites (N-methyl/N-ethyl adjacent to an activating group) is 1. The average molecular weight is 172 g/mol. The molecule has 0 amide bonds. The number of aliphatic hydroxyl groups is 1. The van der Waals surface area contributed by atoms with Gasteiger partial charge in [0.2, 0.25) is 0 Å². The summed E-state index contributed by atoms with van der Waals surface area (Å²) in [5, 5.41) is 12.5. The summed E-state index contributed by atoms with van der Waals surface area (Å²) in [6.45, 7) is 9.77. The highest BCUT2D eigenvalue weighted by Crippen LogP contribution is 2.19. The van der Waals surface area contributed by atoms with Crippen LogP contribution < -0.4 is 5.32 Å². The highest BCUT2D eigenvalue weighted by molar-refractivity contribution is 4.93. The average Bonchev–Trinajstić information content (AvgIpc) is 2.02. The van der Waals surface area contributed by atoms with Crippen LogP contribution in [0.4, 0.5) is 0 Å². The van der Waals surface area contributed by atoms with Gasteiger partial charge >= 0.3 is 0 Å². The summed E-state index contributed by atoms with van der Waals surface area (Å²) in [7, 11) is 0. The van der Waals surface area contributed by atoms with Crippen molar-refractivity contribution in [2.45, 2.75) is 32.4 Å². The molecular weight excluding hydrogens is 152 g/mol. The van der Waals surface area contributed by atoms with Gasteiger partial charge in [0.25, 0.3) is 0 Å². The first kappa shape index (κ1) is 9.96. The monoisotopic (exact) mass is 172 g/mol. The fraction of sp³-hybridized carbons (Fsp3) is 1.00. The molecule has 2 N–H and O–H groups in total. The molecule has 1 atom stereocenters. The van der Waals surface area contributed by atoms with Crippen molar-refractivity contribution in [1.29, 1.82) is 0 Å². The van der Waals surface area contributed by atoms with Crippen molar-refractivity contribution < 1.29 is 5.11 Å². The Labute approximate surface area is 74.8 Å². The number of aliphatic hydroxyl groups excluding tert-OH is 1. The van der Waals surface area contributed by atoms with Crippen LogP contribution in [0.25, 0.3) is 0 Å². The lowest BCUT2D eigenvalue weighted by Crippen LogP contribution is -2.63. The lowest BCUT2D eigenvalue weighted by Gasteiger charge is -2.47. The third-order valence-electron chi connectivity index (χ3n) is 2.71. The van der Waals surface area contributed by atoms with Crippen LogP contribution in [0.3, 0.4) is 0 Å². The molecule has 3 nitrogen and oxygen atoms in total. The van der Waals surface area contributed by atoms with E-state index in [0.717, 1.165) is 19.6 Å². The van der Waals surface area contributed by atoms with E-state index in [0.29, 0.717) is 6.04 Å². The van der Waals surface area contributed by atoms with Crippen molar-refractivity contribution in [3.05, 3.63) is 0 Å². The maximum atomic E-state index is 9.14. The molecule has 1 heterocycles. The van der Waals surface area contributed by atoms with Gasteiger partial charge in [0.05, 0.1) is 6.61 Å². The van der Waals surface area contributed by atoms with Crippen LogP contribution in [0.5, 0.6) is 0 Å². The Kier molecular flexibility index (Phi) is 3.09. The van der Waals surface area contributed by atoms with Crippen molar-refractivity contribution >= 4 is 0 Å². The van der Waals surface area contributed by atoms with Crippen LogP contribution in [0.2, 0.25) is 0 Å². The van der Waals surface area contributed by atoms with Crippen LogP contribution in [0, 0.1) is 0 Å². The summed E-state index contributed by atoms with van der Waals surface area (Å²) in [5.41, 5.74) is 0.181. The fourth-order valence-electron chi connectivity index (χ4n) is 2.10. The van der Waals surface area contributed by atoms with Gasteiger partial charge in [-0.1, -0.05) is 6.92 Å². The van der Waals surface area contributed by atoms with Crippen LogP contribution in [0.1, 0.15) is 20.8 Å². The quantitative estimate of drug-likeness (QED) is 0.618. The molecule has 0 bridgehead atoms. The molecule has 0 radical (unpaired) electrons. The number of hydrogen-bond donors (Lipinski definition) is 2. The molecule has 3 heteroatoms. The van der Waals surface area contributed by atoms with E-state index >= 15 is 0 Å². The number of piperazine rings is 1. The molecule has 1 aliphatic rings. The zero-order valence-electron chi connectivity index (χ0n) is 8.30. The smallest absolute Gasteiger partial charge is 0.0599 e. The van der Waals surface area contributed by atoms with E-state index in [2.05, 4.69) is 31.0 Å². The second kappa shape index (κ2) is 3.73. The van der Waals surface area contributed by atoms with Gasteiger partial charge in [-0.3, -0.25) is 4.90 Å². The SMILES string of the molecule is CCN1C(CO)CNCC1(C)C. The Balaban J connectivity index is 2.66. The lowest BCUT2D eigenvalue weighted by molar-refractivity contribution is 0.0143. The summed E-state index contributed by atoms with van der Waals surface area (Å²) >= 11 is 0. The highest BCUT2D eigenvalue weighted by Gasteiger charge is 2.34. The van der Waals surface area contributed by atoms with Crippen molar-refractivity contribution in [1.82, 2.24) is 10.2 Å². The largest absolute Gasteiger partial charge is 0.395 e. The second-order valence-corrected chi connectivity index (χ2v) is 4.07. The molecule has 0 saturated carbocycles. The van der Waals surface area contributed by atoms with Crippen molar-refractivity contribution in [2.24, 2.45) is 0 Å². The Bertz CT molecular complexity index is 147. The van der Waals surface area contributed by atoms with Crippen molar-refractivity contribution in [2.75, 3.05) is 26.2 Å². The van der Waals surface area contributed by atoms with Gasteiger partial charge < -0.3 is 10.4 Å². The van der Waals surface area contributed by atoms with E-state index in [1.807, 2.05) is 0 Å². The minimum absolute atomic E-state index is 0.181. The predicted molar refractivity (Wildman–Crippen MR) is 50.2 cm³/mol. The second-order valence-electron chi connectivity index (χ2n) is 4.07. The normalized spacial score (nSPS) is 30.5. The molecule has 72 valence electrons. The van der Waals surface area contributed by atoms with Gasteiger partial charge in [0, 0.05) is 24.7 Å². The van der Waals surface area contributed by atoms with Crippen LogP contribution >= 0.6 is 0 Å². The topological polar surface area (TPSA) is 35.5 Å². The van der Waals surface area contributed by atoms with Gasteiger partial charge in [-0.25, -0.2) is 0 Å². The molecule has 0 spiro atoms. The van der Waals surface area contributed by atoms with Gasteiger partial charge in [0.1, 0.15) is 0 Å². The summed E-state index contributed by atoms with van der Waals surface area (Å²) < 4.78 is 0. The van der Waals surface area contributed by atoms with E-state index in [1.54, 1.807) is 0 Å². The third-order valence-corrected chi connectivity index (χ3v) is 2.71. The van der Waals surface area contributed by atoms with Crippen LogP contribution in [-0.2, 0) is 0 Å². The molecule has 1 unspecified atom stereocenters. The van der Waals surface area contributed by atoms with Crippen molar-refractivity contribution in [3.63, 3.8) is 0 Å². The Morgan fingerprint density at radius 1 is 1.58 bits per heavy atom. The van der Waals surface area contributed by atoms with Crippen LogP contribution in [0.15, 0.2) is 0 Å². The Hall–Kier alpha value is -0.120. The van der Waals surface area contributed by atoms with E-state index < -0.39 is 0 Å². The minimum Gasteiger partial charge on any atom is -0.395 e. The predicted octanol–water partition coefficient (Wildman–Crippen LogP) is 0.0510. The molecule has 1 aliphatic heterocycles. The Morgan fingerprint density at radius 3 is 2.67 bits per heavy atom. The number of nitrogens with one attached hydrogen (secondary N) is 1.